The van der Waals surface area contributed by atoms with E-state index in [0.29, 0.717) is 0 Å². The third-order valence-corrected chi connectivity index (χ3v) is 2.73. The molecule has 0 heterocycles. The molecule has 0 radical (unpaired) electrons. The van der Waals surface area contributed by atoms with Crippen molar-refractivity contribution in [1.82, 2.24) is 5.32 Å². The maximum atomic E-state index is 11.6. The molecule has 4 nitrogen and oxygen atoms in total. The number of carbonyl (C=O) groups is 2. The number of carboxylic acids is 1. The quantitative estimate of drug-likeness (QED) is 0.799. The molecule has 1 unspecified atom stereocenters. The van der Waals surface area contributed by atoms with Gasteiger partial charge in [0.1, 0.15) is 6.04 Å². The van der Waals surface area contributed by atoms with Crippen molar-refractivity contribution in [2.45, 2.75) is 26.8 Å². The summed E-state index contributed by atoms with van der Waals surface area (Å²) in [5.41, 5.74) is 2.05. The summed E-state index contributed by atoms with van der Waals surface area (Å²) in [6.45, 7) is 5.49. The van der Waals surface area contributed by atoms with Crippen LogP contribution in [0.5, 0.6) is 0 Å². The molecule has 0 saturated heterocycles. The first-order valence-electron chi connectivity index (χ1n) is 6.18. The topological polar surface area (TPSA) is 66.4 Å². The highest BCUT2D eigenvalue weighted by atomic mass is 16.4. The van der Waals surface area contributed by atoms with Gasteiger partial charge in [0.2, 0.25) is 5.91 Å². The molecule has 0 saturated carbocycles. The highest BCUT2D eigenvalue weighted by Gasteiger charge is 2.22. The monoisotopic (exact) mass is 261 g/mol. The van der Waals surface area contributed by atoms with Crippen molar-refractivity contribution in [2.24, 2.45) is 5.92 Å². The van der Waals surface area contributed by atoms with Gasteiger partial charge >= 0.3 is 5.97 Å². The SMILES string of the molecule is Cc1ccc(/C=C/C(=O)NC(C(=O)O)C(C)C)cc1. The average molecular weight is 261 g/mol. The second-order valence-corrected chi connectivity index (χ2v) is 4.81. The van der Waals surface area contributed by atoms with Gasteiger partial charge in [0.15, 0.2) is 0 Å². The van der Waals surface area contributed by atoms with Crippen LogP contribution >= 0.6 is 0 Å². The molecule has 2 N–H and O–H groups in total. The first-order chi connectivity index (χ1) is 8.90. The van der Waals surface area contributed by atoms with Gasteiger partial charge < -0.3 is 10.4 Å². The fraction of sp³-hybridized carbons (Fsp3) is 0.333. The fourth-order valence-electron chi connectivity index (χ4n) is 1.56. The van der Waals surface area contributed by atoms with Crippen LogP contribution in [0.4, 0.5) is 0 Å². The Bertz CT molecular complexity index is 475. The summed E-state index contributed by atoms with van der Waals surface area (Å²) in [5.74, 6) is -1.58. The summed E-state index contributed by atoms with van der Waals surface area (Å²) in [6, 6.07) is 6.83. The minimum absolute atomic E-state index is 0.158. The van der Waals surface area contributed by atoms with Gasteiger partial charge in [-0.2, -0.15) is 0 Å². The van der Waals surface area contributed by atoms with E-state index in [1.54, 1.807) is 19.9 Å². The summed E-state index contributed by atoms with van der Waals surface area (Å²) in [7, 11) is 0. The van der Waals surface area contributed by atoms with Gasteiger partial charge in [-0.1, -0.05) is 43.7 Å². The molecule has 1 amide bonds. The van der Waals surface area contributed by atoms with Crippen LogP contribution in [0.15, 0.2) is 30.3 Å². The number of benzene rings is 1. The third kappa shape index (κ3) is 4.95. The predicted octanol–water partition coefficient (Wildman–Crippen LogP) is 2.23. The van der Waals surface area contributed by atoms with Crippen LogP contribution in [-0.4, -0.2) is 23.0 Å². The van der Waals surface area contributed by atoms with E-state index >= 15 is 0 Å². The molecule has 1 aromatic carbocycles. The number of carbonyl (C=O) groups excluding carboxylic acids is 1. The summed E-state index contributed by atoms with van der Waals surface area (Å²) < 4.78 is 0. The molecule has 0 fully saturated rings. The van der Waals surface area contributed by atoms with E-state index < -0.39 is 17.9 Å². The van der Waals surface area contributed by atoms with E-state index in [-0.39, 0.29) is 5.92 Å². The highest BCUT2D eigenvalue weighted by Crippen LogP contribution is 2.05. The zero-order chi connectivity index (χ0) is 14.4. The van der Waals surface area contributed by atoms with Crippen molar-refractivity contribution in [2.75, 3.05) is 0 Å². The van der Waals surface area contributed by atoms with E-state index in [1.165, 1.54) is 6.08 Å². The summed E-state index contributed by atoms with van der Waals surface area (Å²) >= 11 is 0. The van der Waals surface area contributed by atoms with Gasteiger partial charge in [0.25, 0.3) is 0 Å². The number of aryl methyl sites for hydroxylation is 1. The molecule has 1 rings (SSSR count). The molecular weight excluding hydrogens is 242 g/mol. The van der Waals surface area contributed by atoms with Crippen LogP contribution < -0.4 is 5.32 Å². The highest BCUT2D eigenvalue weighted by molar-refractivity contribution is 5.94. The van der Waals surface area contributed by atoms with Crippen LogP contribution in [0.3, 0.4) is 0 Å². The van der Waals surface area contributed by atoms with Crippen molar-refractivity contribution in [3.63, 3.8) is 0 Å². The predicted molar refractivity (Wildman–Crippen MR) is 74.6 cm³/mol. The molecule has 0 aliphatic carbocycles. The molecule has 19 heavy (non-hydrogen) atoms. The molecular formula is C15H19NO3. The zero-order valence-electron chi connectivity index (χ0n) is 11.4. The molecule has 0 bridgehead atoms. The van der Waals surface area contributed by atoms with Gasteiger partial charge in [-0.3, -0.25) is 4.79 Å². The van der Waals surface area contributed by atoms with Gasteiger partial charge in [0, 0.05) is 6.08 Å². The maximum Gasteiger partial charge on any atom is 0.326 e. The van der Waals surface area contributed by atoms with E-state index in [0.717, 1.165) is 11.1 Å². The minimum atomic E-state index is -1.02. The Balaban J connectivity index is 2.64. The van der Waals surface area contributed by atoms with Gasteiger partial charge in [-0.05, 0) is 24.5 Å². The van der Waals surface area contributed by atoms with Crippen molar-refractivity contribution < 1.29 is 14.7 Å². The van der Waals surface area contributed by atoms with E-state index in [4.69, 9.17) is 5.11 Å². The standard InChI is InChI=1S/C15H19NO3/c1-10(2)14(15(18)19)16-13(17)9-8-12-6-4-11(3)5-7-12/h4-10,14H,1-3H3,(H,16,17)(H,18,19)/b9-8+. The molecule has 0 aromatic heterocycles. The van der Waals surface area contributed by atoms with E-state index in [1.807, 2.05) is 31.2 Å². The normalized spacial score (nSPS) is 12.6. The summed E-state index contributed by atoms with van der Waals surface area (Å²) in [6.07, 6.45) is 3.01. The lowest BCUT2D eigenvalue weighted by atomic mass is 10.0. The number of hydrogen-bond donors (Lipinski definition) is 2. The number of hydrogen-bond acceptors (Lipinski definition) is 2. The largest absolute Gasteiger partial charge is 0.480 e. The van der Waals surface area contributed by atoms with Gasteiger partial charge in [-0.15, -0.1) is 0 Å². The van der Waals surface area contributed by atoms with E-state index in [2.05, 4.69) is 5.32 Å². The second-order valence-electron chi connectivity index (χ2n) is 4.81. The van der Waals surface area contributed by atoms with Crippen LogP contribution in [-0.2, 0) is 9.59 Å². The first kappa shape index (κ1) is 15.0. The molecule has 1 atom stereocenters. The minimum Gasteiger partial charge on any atom is -0.480 e. The fourth-order valence-corrected chi connectivity index (χ4v) is 1.56. The second kappa shape index (κ2) is 6.73. The molecule has 1 aromatic rings. The van der Waals surface area contributed by atoms with Crippen LogP contribution in [0.1, 0.15) is 25.0 Å². The molecule has 102 valence electrons. The molecule has 0 aliphatic heterocycles. The number of amides is 1. The summed E-state index contributed by atoms with van der Waals surface area (Å²) in [5, 5.41) is 11.4. The van der Waals surface area contributed by atoms with Gasteiger partial charge in [-0.25, -0.2) is 4.79 Å². The smallest absolute Gasteiger partial charge is 0.326 e. The van der Waals surface area contributed by atoms with Crippen molar-refractivity contribution >= 4 is 18.0 Å². The molecule has 0 aliphatic rings. The third-order valence-electron chi connectivity index (χ3n) is 2.73. The Kier molecular flexibility index (Phi) is 5.30. The van der Waals surface area contributed by atoms with Crippen LogP contribution in [0.2, 0.25) is 0 Å². The number of aliphatic carboxylic acids is 1. The summed E-state index contributed by atoms with van der Waals surface area (Å²) in [4.78, 5) is 22.6. The lowest BCUT2D eigenvalue weighted by Gasteiger charge is -2.16. The average Bonchev–Trinajstić information content (AvgIpc) is 2.34. The number of nitrogens with one attached hydrogen (secondary N) is 1. The molecule has 0 spiro atoms. The van der Waals surface area contributed by atoms with Crippen LogP contribution in [0, 0.1) is 12.8 Å². The van der Waals surface area contributed by atoms with Crippen molar-refractivity contribution in [3.8, 4) is 0 Å². The van der Waals surface area contributed by atoms with Gasteiger partial charge in [0.05, 0.1) is 0 Å². The number of carboxylic acid groups (broad SMARTS) is 1. The maximum absolute atomic E-state index is 11.6. The van der Waals surface area contributed by atoms with E-state index in [9.17, 15) is 9.59 Å². The van der Waals surface area contributed by atoms with Crippen molar-refractivity contribution in [1.29, 1.82) is 0 Å². The number of rotatable bonds is 5. The Hall–Kier alpha value is -2.10. The lowest BCUT2D eigenvalue weighted by molar-refractivity contribution is -0.142. The zero-order valence-corrected chi connectivity index (χ0v) is 11.4. The van der Waals surface area contributed by atoms with Crippen LogP contribution in [0.25, 0.3) is 6.08 Å². The molecule has 4 heteroatoms. The Morgan fingerprint density at radius 1 is 1.21 bits per heavy atom. The lowest BCUT2D eigenvalue weighted by Crippen LogP contribution is -2.43. The van der Waals surface area contributed by atoms with Crippen molar-refractivity contribution in [3.05, 3.63) is 41.5 Å². The Morgan fingerprint density at radius 2 is 1.79 bits per heavy atom. The first-order valence-corrected chi connectivity index (χ1v) is 6.18. The Labute approximate surface area is 113 Å². The Morgan fingerprint density at radius 3 is 2.26 bits per heavy atom.